The molecular weight excluding hydrogens is 270 g/mol. The third-order valence-corrected chi connectivity index (χ3v) is 4.36. The molecule has 3 rings (SSSR count). The maximum atomic E-state index is 6.39. The van der Waals surface area contributed by atoms with E-state index in [1.807, 2.05) is 18.2 Å². The standard InChI is InChI=1S/C17H18ClNO/c1-20-16-7-6-14(18)10-12(16)9-13-8-11-4-2-3-5-15(11)17(13)19/h2-7,10,13,17H,8-9,19H2,1H3. The zero-order valence-corrected chi connectivity index (χ0v) is 12.2. The van der Waals surface area contributed by atoms with Crippen LogP contribution in [0.4, 0.5) is 0 Å². The van der Waals surface area contributed by atoms with Crippen LogP contribution < -0.4 is 10.5 Å². The molecule has 0 amide bonds. The van der Waals surface area contributed by atoms with Gasteiger partial charge in [-0.25, -0.2) is 0 Å². The molecule has 2 N–H and O–H groups in total. The topological polar surface area (TPSA) is 35.2 Å². The van der Waals surface area contributed by atoms with Gasteiger partial charge in [0.05, 0.1) is 7.11 Å². The van der Waals surface area contributed by atoms with Crippen LogP contribution >= 0.6 is 11.6 Å². The Kier molecular flexibility index (Phi) is 3.68. The molecule has 3 heteroatoms. The van der Waals surface area contributed by atoms with Gasteiger partial charge >= 0.3 is 0 Å². The predicted octanol–water partition coefficient (Wildman–Crippen LogP) is 3.76. The van der Waals surface area contributed by atoms with Crippen molar-refractivity contribution in [1.82, 2.24) is 0 Å². The van der Waals surface area contributed by atoms with Crippen molar-refractivity contribution >= 4 is 11.6 Å². The number of rotatable bonds is 3. The minimum Gasteiger partial charge on any atom is -0.496 e. The molecule has 0 saturated carbocycles. The van der Waals surface area contributed by atoms with Gasteiger partial charge in [-0.15, -0.1) is 0 Å². The summed E-state index contributed by atoms with van der Waals surface area (Å²) < 4.78 is 5.42. The molecule has 2 unspecified atom stereocenters. The normalized spacial score (nSPS) is 20.8. The lowest BCUT2D eigenvalue weighted by Gasteiger charge is -2.18. The summed E-state index contributed by atoms with van der Waals surface area (Å²) in [5.41, 5.74) is 10.2. The van der Waals surface area contributed by atoms with E-state index in [9.17, 15) is 0 Å². The van der Waals surface area contributed by atoms with Crippen LogP contribution in [-0.2, 0) is 12.8 Å². The zero-order chi connectivity index (χ0) is 14.1. The molecule has 0 fully saturated rings. The van der Waals surface area contributed by atoms with Gasteiger partial charge in [-0.1, -0.05) is 35.9 Å². The van der Waals surface area contributed by atoms with Gasteiger partial charge < -0.3 is 10.5 Å². The molecule has 2 aromatic rings. The van der Waals surface area contributed by atoms with Crippen molar-refractivity contribution in [2.45, 2.75) is 18.9 Å². The molecule has 0 spiro atoms. The number of fused-ring (bicyclic) bond motifs is 1. The fourth-order valence-corrected chi connectivity index (χ4v) is 3.29. The fourth-order valence-electron chi connectivity index (χ4n) is 3.10. The molecule has 104 valence electrons. The number of hydrogen-bond acceptors (Lipinski definition) is 2. The van der Waals surface area contributed by atoms with Gasteiger partial charge in [0.15, 0.2) is 0 Å². The lowest BCUT2D eigenvalue weighted by Crippen LogP contribution is -2.19. The third kappa shape index (κ3) is 2.41. The molecule has 20 heavy (non-hydrogen) atoms. The van der Waals surface area contributed by atoms with Gasteiger partial charge in [0, 0.05) is 11.1 Å². The highest BCUT2D eigenvalue weighted by molar-refractivity contribution is 6.30. The second kappa shape index (κ2) is 5.47. The van der Waals surface area contributed by atoms with Crippen molar-refractivity contribution in [1.29, 1.82) is 0 Å². The second-order valence-corrected chi connectivity index (χ2v) is 5.79. The van der Waals surface area contributed by atoms with Gasteiger partial charge in [-0.3, -0.25) is 0 Å². The van der Waals surface area contributed by atoms with Gasteiger partial charge in [-0.2, -0.15) is 0 Å². The van der Waals surface area contributed by atoms with E-state index in [-0.39, 0.29) is 6.04 Å². The van der Waals surface area contributed by atoms with E-state index in [1.165, 1.54) is 11.1 Å². The van der Waals surface area contributed by atoms with Crippen molar-refractivity contribution in [3.8, 4) is 5.75 Å². The van der Waals surface area contributed by atoms with Crippen LogP contribution in [-0.4, -0.2) is 7.11 Å². The first kappa shape index (κ1) is 13.5. The highest BCUT2D eigenvalue weighted by atomic mass is 35.5. The number of hydrogen-bond donors (Lipinski definition) is 1. The monoisotopic (exact) mass is 287 g/mol. The van der Waals surface area contributed by atoms with E-state index >= 15 is 0 Å². The Morgan fingerprint density at radius 2 is 2.05 bits per heavy atom. The lowest BCUT2D eigenvalue weighted by atomic mass is 9.93. The number of ether oxygens (including phenoxy) is 1. The summed E-state index contributed by atoms with van der Waals surface area (Å²) in [6.45, 7) is 0. The average Bonchev–Trinajstić information content (AvgIpc) is 2.76. The first-order chi connectivity index (χ1) is 9.69. The van der Waals surface area contributed by atoms with Crippen LogP contribution in [0, 0.1) is 5.92 Å². The van der Waals surface area contributed by atoms with Crippen LogP contribution in [0.25, 0.3) is 0 Å². The summed E-state index contributed by atoms with van der Waals surface area (Å²) in [7, 11) is 1.69. The summed E-state index contributed by atoms with van der Waals surface area (Å²) >= 11 is 6.10. The molecule has 2 nitrogen and oxygen atoms in total. The third-order valence-electron chi connectivity index (χ3n) is 4.13. The Morgan fingerprint density at radius 3 is 2.80 bits per heavy atom. The van der Waals surface area contributed by atoms with Crippen molar-refractivity contribution in [3.05, 3.63) is 64.2 Å². The van der Waals surface area contributed by atoms with E-state index in [1.54, 1.807) is 7.11 Å². The first-order valence-corrected chi connectivity index (χ1v) is 7.22. The van der Waals surface area contributed by atoms with Crippen LogP contribution in [0.1, 0.15) is 22.7 Å². The Bertz CT molecular complexity index is 626. The summed E-state index contributed by atoms with van der Waals surface area (Å²) in [5, 5.41) is 0.741. The smallest absolute Gasteiger partial charge is 0.122 e. The largest absolute Gasteiger partial charge is 0.496 e. The minimum absolute atomic E-state index is 0.0925. The molecule has 0 aromatic heterocycles. The molecule has 0 saturated heterocycles. The number of benzene rings is 2. The van der Waals surface area contributed by atoms with Crippen LogP contribution in [0.3, 0.4) is 0 Å². The summed E-state index contributed by atoms with van der Waals surface area (Å²) in [6.07, 6.45) is 1.91. The molecule has 1 aliphatic carbocycles. The Balaban J connectivity index is 1.85. The molecular formula is C17H18ClNO. The number of halogens is 1. The minimum atomic E-state index is 0.0925. The van der Waals surface area contributed by atoms with Crippen molar-refractivity contribution < 1.29 is 4.74 Å². The Hall–Kier alpha value is -1.51. The van der Waals surface area contributed by atoms with E-state index in [4.69, 9.17) is 22.1 Å². The summed E-state index contributed by atoms with van der Waals surface area (Å²) in [4.78, 5) is 0. The molecule has 0 radical (unpaired) electrons. The molecule has 0 bridgehead atoms. The van der Waals surface area contributed by atoms with Gasteiger partial charge in [-0.05, 0) is 53.6 Å². The fraction of sp³-hybridized carbons (Fsp3) is 0.294. The van der Waals surface area contributed by atoms with Crippen LogP contribution in [0.15, 0.2) is 42.5 Å². The number of nitrogens with two attached hydrogens (primary N) is 1. The van der Waals surface area contributed by atoms with Gasteiger partial charge in [0.2, 0.25) is 0 Å². The highest BCUT2D eigenvalue weighted by Gasteiger charge is 2.29. The van der Waals surface area contributed by atoms with Crippen molar-refractivity contribution in [3.63, 3.8) is 0 Å². The Morgan fingerprint density at radius 1 is 1.25 bits per heavy atom. The average molecular weight is 288 g/mol. The Labute approximate surface area is 124 Å². The van der Waals surface area contributed by atoms with E-state index in [0.717, 1.165) is 29.2 Å². The van der Waals surface area contributed by atoms with Gasteiger partial charge in [0.25, 0.3) is 0 Å². The quantitative estimate of drug-likeness (QED) is 0.933. The van der Waals surface area contributed by atoms with Crippen LogP contribution in [0.5, 0.6) is 5.75 Å². The molecule has 0 heterocycles. The molecule has 2 atom stereocenters. The van der Waals surface area contributed by atoms with E-state index in [2.05, 4.69) is 24.3 Å². The van der Waals surface area contributed by atoms with E-state index in [0.29, 0.717) is 5.92 Å². The van der Waals surface area contributed by atoms with Crippen molar-refractivity contribution in [2.75, 3.05) is 7.11 Å². The maximum Gasteiger partial charge on any atom is 0.122 e. The second-order valence-electron chi connectivity index (χ2n) is 5.35. The molecule has 2 aromatic carbocycles. The molecule has 1 aliphatic rings. The zero-order valence-electron chi connectivity index (χ0n) is 11.5. The SMILES string of the molecule is COc1ccc(Cl)cc1CC1Cc2ccccc2C1N. The highest BCUT2D eigenvalue weighted by Crippen LogP contribution is 2.38. The predicted molar refractivity (Wildman–Crippen MR) is 82.3 cm³/mol. The number of methoxy groups -OCH3 is 1. The first-order valence-electron chi connectivity index (χ1n) is 6.85. The maximum absolute atomic E-state index is 6.39. The van der Waals surface area contributed by atoms with Gasteiger partial charge in [0.1, 0.15) is 5.75 Å². The lowest BCUT2D eigenvalue weighted by molar-refractivity contribution is 0.398. The molecule has 0 aliphatic heterocycles. The van der Waals surface area contributed by atoms with Crippen LogP contribution in [0.2, 0.25) is 5.02 Å². The van der Waals surface area contributed by atoms with E-state index < -0.39 is 0 Å². The van der Waals surface area contributed by atoms with Crippen molar-refractivity contribution in [2.24, 2.45) is 11.7 Å². The summed E-state index contributed by atoms with van der Waals surface area (Å²) in [6, 6.07) is 14.3. The summed E-state index contributed by atoms with van der Waals surface area (Å²) in [5.74, 6) is 1.29.